The van der Waals surface area contributed by atoms with Crippen molar-refractivity contribution in [2.45, 2.75) is 25.8 Å². The largest absolute Gasteiger partial charge is 0.325 e. The van der Waals surface area contributed by atoms with Crippen molar-refractivity contribution >= 4 is 17.8 Å². The lowest BCUT2D eigenvalue weighted by Gasteiger charge is -2.29. The van der Waals surface area contributed by atoms with Crippen LogP contribution in [0.4, 0.5) is 0 Å². The Kier molecular flexibility index (Phi) is 4.47. The van der Waals surface area contributed by atoms with Crippen molar-refractivity contribution in [1.82, 2.24) is 0 Å². The van der Waals surface area contributed by atoms with Gasteiger partial charge in [-0.3, -0.25) is 0 Å². The summed E-state index contributed by atoms with van der Waals surface area (Å²) < 4.78 is 13.7. The zero-order valence-corrected chi connectivity index (χ0v) is 13.0. The minimum absolute atomic E-state index is 0.429. The summed E-state index contributed by atoms with van der Waals surface area (Å²) in [5, 5.41) is 1.77. The monoisotopic (exact) mass is 287 g/mol. The Hall–Kier alpha value is -1.37. The van der Waals surface area contributed by atoms with E-state index >= 15 is 0 Å². The lowest BCUT2D eigenvalue weighted by atomic mass is 10.0. The summed E-state index contributed by atoms with van der Waals surface area (Å²) in [6, 6.07) is 19.4. The van der Waals surface area contributed by atoms with E-state index in [2.05, 4.69) is 0 Å². The summed E-state index contributed by atoms with van der Waals surface area (Å²) in [5.41, 5.74) is 5.88. The van der Waals surface area contributed by atoms with Crippen LogP contribution in [0.1, 0.15) is 20.3 Å². The number of rotatable bonds is 5. The molecular formula is C17H22NOP. The van der Waals surface area contributed by atoms with Gasteiger partial charge in [0.2, 0.25) is 0 Å². The average Bonchev–Trinajstić information content (AvgIpc) is 2.48. The predicted molar refractivity (Wildman–Crippen MR) is 87.5 cm³/mol. The van der Waals surface area contributed by atoms with Gasteiger partial charge in [0.25, 0.3) is 0 Å². The van der Waals surface area contributed by atoms with Gasteiger partial charge in [0, 0.05) is 22.3 Å². The molecular weight excluding hydrogens is 265 g/mol. The van der Waals surface area contributed by atoms with Crippen LogP contribution in [0.3, 0.4) is 0 Å². The number of benzene rings is 2. The van der Waals surface area contributed by atoms with Crippen molar-refractivity contribution in [1.29, 1.82) is 0 Å². The van der Waals surface area contributed by atoms with E-state index in [0.717, 1.165) is 17.0 Å². The Morgan fingerprint density at radius 3 is 1.70 bits per heavy atom. The van der Waals surface area contributed by atoms with E-state index in [-0.39, 0.29) is 0 Å². The minimum Gasteiger partial charge on any atom is -0.325 e. The van der Waals surface area contributed by atoms with Crippen LogP contribution in [0, 0.1) is 0 Å². The van der Waals surface area contributed by atoms with Crippen LogP contribution in [-0.2, 0) is 4.57 Å². The summed E-state index contributed by atoms with van der Waals surface area (Å²) in [6.07, 6.45) is 1.29. The van der Waals surface area contributed by atoms with E-state index in [1.54, 1.807) is 0 Å². The SMILES string of the molecule is CCC(C)(N)CP(=O)(c1ccccc1)c1ccccc1. The van der Waals surface area contributed by atoms with Crippen LogP contribution in [0.5, 0.6) is 0 Å². The zero-order valence-electron chi connectivity index (χ0n) is 12.1. The molecule has 0 saturated carbocycles. The fraction of sp³-hybridized carbons (Fsp3) is 0.294. The summed E-state index contributed by atoms with van der Waals surface area (Å²) in [4.78, 5) is 0. The van der Waals surface area contributed by atoms with E-state index in [1.807, 2.05) is 74.5 Å². The van der Waals surface area contributed by atoms with E-state index in [0.29, 0.717) is 6.16 Å². The van der Waals surface area contributed by atoms with Crippen LogP contribution in [0.15, 0.2) is 60.7 Å². The van der Waals surface area contributed by atoms with Crippen LogP contribution in [-0.4, -0.2) is 11.7 Å². The van der Waals surface area contributed by atoms with Gasteiger partial charge in [0.15, 0.2) is 0 Å². The van der Waals surface area contributed by atoms with Crippen molar-refractivity contribution in [2.75, 3.05) is 6.16 Å². The molecule has 0 aromatic heterocycles. The van der Waals surface area contributed by atoms with Crippen LogP contribution in [0.2, 0.25) is 0 Å². The van der Waals surface area contributed by atoms with E-state index in [4.69, 9.17) is 5.73 Å². The van der Waals surface area contributed by atoms with Crippen molar-refractivity contribution < 1.29 is 4.57 Å². The fourth-order valence-electron chi connectivity index (χ4n) is 2.29. The number of hydrogen-bond donors (Lipinski definition) is 1. The fourth-order valence-corrected chi connectivity index (χ4v) is 5.50. The van der Waals surface area contributed by atoms with E-state index in [1.165, 1.54) is 0 Å². The summed E-state index contributed by atoms with van der Waals surface area (Å²) >= 11 is 0. The second kappa shape index (κ2) is 5.95. The third kappa shape index (κ3) is 3.20. The lowest BCUT2D eigenvalue weighted by Crippen LogP contribution is -2.42. The molecule has 106 valence electrons. The predicted octanol–water partition coefficient (Wildman–Crippen LogP) is 3.13. The first-order chi connectivity index (χ1) is 9.48. The van der Waals surface area contributed by atoms with Crippen molar-refractivity contribution in [2.24, 2.45) is 5.73 Å². The third-order valence-corrected chi connectivity index (χ3v) is 7.17. The maximum absolute atomic E-state index is 13.7. The smallest absolute Gasteiger partial charge is 0.145 e. The Bertz CT molecular complexity index is 549. The van der Waals surface area contributed by atoms with Gasteiger partial charge in [-0.2, -0.15) is 0 Å². The van der Waals surface area contributed by atoms with Crippen LogP contribution < -0.4 is 16.3 Å². The molecule has 2 rings (SSSR count). The Labute approximate surface area is 121 Å². The van der Waals surface area contributed by atoms with Crippen molar-refractivity contribution in [3.63, 3.8) is 0 Å². The highest BCUT2D eigenvalue weighted by Gasteiger charge is 2.33. The summed E-state index contributed by atoms with van der Waals surface area (Å²) in [6.45, 7) is 4.02. The molecule has 2 aromatic carbocycles. The molecule has 2 aromatic rings. The van der Waals surface area contributed by atoms with Crippen LogP contribution in [0.25, 0.3) is 0 Å². The first kappa shape index (κ1) is 15.0. The second-order valence-corrected chi connectivity index (χ2v) is 8.40. The molecule has 0 aliphatic rings. The van der Waals surface area contributed by atoms with E-state index in [9.17, 15) is 4.57 Å². The molecule has 20 heavy (non-hydrogen) atoms. The van der Waals surface area contributed by atoms with Gasteiger partial charge >= 0.3 is 0 Å². The highest BCUT2D eigenvalue weighted by atomic mass is 31.2. The molecule has 0 saturated heterocycles. The van der Waals surface area contributed by atoms with Crippen molar-refractivity contribution in [3.05, 3.63) is 60.7 Å². The van der Waals surface area contributed by atoms with Gasteiger partial charge in [-0.05, 0) is 13.3 Å². The molecule has 0 radical (unpaired) electrons. The van der Waals surface area contributed by atoms with E-state index < -0.39 is 12.7 Å². The van der Waals surface area contributed by atoms with Gasteiger partial charge < -0.3 is 10.3 Å². The Morgan fingerprint density at radius 1 is 0.950 bits per heavy atom. The number of nitrogens with two attached hydrogens (primary N) is 1. The highest BCUT2D eigenvalue weighted by Crippen LogP contribution is 2.45. The topological polar surface area (TPSA) is 43.1 Å². The third-order valence-electron chi connectivity index (χ3n) is 3.74. The molecule has 0 fully saturated rings. The molecule has 2 nitrogen and oxygen atoms in total. The van der Waals surface area contributed by atoms with Gasteiger partial charge in [-0.15, -0.1) is 0 Å². The molecule has 1 unspecified atom stereocenters. The minimum atomic E-state index is -2.69. The van der Waals surface area contributed by atoms with Gasteiger partial charge in [-0.1, -0.05) is 67.6 Å². The zero-order chi connectivity index (χ0) is 14.6. The van der Waals surface area contributed by atoms with Crippen LogP contribution >= 0.6 is 7.14 Å². The number of hydrogen-bond acceptors (Lipinski definition) is 2. The normalized spacial score (nSPS) is 14.8. The maximum atomic E-state index is 13.7. The molecule has 0 bridgehead atoms. The average molecular weight is 287 g/mol. The Balaban J connectivity index is 2.53. The van der Waals surface area contributed by atoms with Crippen molar-refractivity contribution in [3.8, 4) is 0 Å². The Morgan fingerprint density at radius 2 is 1.35 bits per heavy atom. The lowest BCUT2D eigenvalue weighted by molar-refractivity contribution is 0.495. The molecule has 3 heteroatoms. The van der Waals surface area contributed by atoms with Gasteiger partial charge in [-0.25, -0.2) is 0 Å². The second-order valence-electron chi connectivity index (χ2n) is 5.58. The molecule has 0 spiro atoms. The molecule has 1 atom stereocenters. The molecule has 0 amide bonds. The first-order valence-corrected chi connectivity index (χ1v) is 8.86. The summed E-state index contributed by atoms with van der Waals surface area (Å²) in [7, 11) is -2.69. The van der Waals surface area contributed by atoms with Gasteiger partial charge in [0.1, 0.15) is 7.14 Å². The quantitative estimate of drug-likeness (QED) is 0.859. The van der Waals surface area contributed by atoms with Gasteiger partial charge in [0.05, 0.1) is 0 Å². The standard InChI is InChI=1S/C17H22NOP/c1-3-17(2,18)14-20(19,15-10-6-4-7-11-15)16-12-8-5-9-13-16/h4-13H,3,14,18H2,1-2H3. The summed E-state index contributed by atoms with van der Waals surface area (Å²) in [5.74, 6) is 0. The molecule has 0 heterocycles. The molecule has 2 N–H and O–H groups in total. The molecule has 0 aliphatic carbocycles. The first-order valence-electron chi connectivity index (χ1n) is 6.97. The maximum Gasteiger partial charge on any atom is 0.145 e. The highest BCUT2D eigenvalue weighted by molar-refractivity contribution is 7.78. The molecule has 0 aliphatic heterocycles.